The van der Waals surface area contributed by atoms with Crippen LogP contribution in [0, 0.1) is 16.0 Å². The van der Waals surface area contributed by atoms with Gasteiger partial charge in [-0.25, -0.2) is 0 Å². The first-order valence-corrected chi connectivity index (χ1v) is 11.2. The Morgan fingerprint density at radius 3 is 2.47 bits per heavy atom. The van der Waals surface area contributed by atoms with E-state index in [0.29, 0.717) is 12.8 Å². The minimum absolute atomic E-state index is 0.00575. The topological polar surface area (TPSA) is 153 Å². The number of carbonyl (C=O) groups is 3. The highest BCUT2D eigenvalue weighted by atomic mass is 79.9. The fourth-order valence-electron chi connectivity index (χ4n) is 3.37. The molecule has 180 valence electrons. The summed E-state index contributed by atoms with van der Waals surface area (Å²) in [4.78, 5) is 46.9. The number of aliphatic carboxylic acids is 1. The molecule has 34 heavy (non-hydrogen) atoms. The largest absolute Gasteiger partial charge is 0.506 e. The number of carboxylic acids is 1. The van der Waals surface area contributed by atoms with E-state index in [2.05, 4.69) is 15.9 Å². The number of nitro groups is 1. The second-order valence-electron chi connectivity index (χ2n) is 7.56. The zero-order chi connectivity index (χ0) is 25.0. The van der Waals surface area contributed by atoms with Crippen molar-refractivity contribution < 1.29 is 39.0 Å². The molecule has 0 aromatic heterocycles. The normalized spacial score (nSPS) is 17.0. The first kappa shape index (κ1) is 25.6. The van der Waals surface area contributed by atoms with Crippen LogP contribution in [0.15, 0.2) is 34.8 Å². The number of nitro benzene ring substituents is 1. The van der Waals surface area contributed by atoms with Gasteiger partial charge in [0, 0.05) is 12.1 Å². The zero-order valence-electron chi connectivity index (χ0n) is 17.5. The number of rotatable bonds is 11. The molecule has 12 heteroatoms. The first-order chi connectivity index (χ1) is 16.1. The maximum Gasteiger partial charge on any atom is 0.306 e. The minimum Gasteiger partial charge on any atom is -0.506 e. The zero-order valence-corrected chi connectivity index (χ0v) is 19.9. The summed E-state index contributed by atoms with van der Waals surface area (Å²) < 4.78 is 11.2. The fourth-order valence-corrected chi connectivity index (χ4v) is 4.01. The molecule has 2 aromatic rings. The third-order valence-corrected chi connectivity index (χ3v) is 6.23. The lowest BCUT2D eigenvalue weighted by Gasteiger charge is -2.32. The molecule has 0 spiro atoms. The molecule has 0 unspecified atom stereocenters. The van der Waals surface area contributed by atoms with E-state index >= 15 is 0 Å². The average molecular weight is 557 g/mol. The molecule has 0 heterocycles. The van der Waals surface area contributed by atoms with Crippen molar-refractivity contribution in [1.29, 1.82) is 0 Å². The van der Waals surface area contributed by atoms with Gasteiger partial charge in [-0.05, 0) is 40.9 Å². The van der Waals surface area contributed by atoms with E-state index in [-0.39, 0.29) is 51.4 Å². The number of carbonyl (C=O) groups excluding carboxylic acids is 2. The lowest BCUT2D eigenvalue weighted by molar-refractivity contribution is -0.385. The SMILES string of the molecule is O=C(CC(=O)c1cccc(Cl)c1O)c1cc([N+](=O)[O-])c(Br)cc1OCCOC1CC(C(=O)O)C1. The summed E-state index contributed by atoms with van der Waals surface area (Å²) in [6.45, 7) is 0.0936. The molecule has 1 fully saturated rings. The predicted molar refractivity (Wildman–Crippen MR) is 123 cm³/mol. The Morgan fingerprint density at radius 1 is 1.15 bits per heavy atom. The molecule has 0 bridgehead atoms. The van der Waals surface area contributed by atoms with Crippen LogP contribution in [0.5, 0.6) is 11.5 Å². The molecule has 1 saturated carbocycles. The molecule has 2 aromatic carbocycles. The summed E-state index contributed by atoms with van der Waals surface area (Å²) in [7, 11) is 0. The van der Waals surface area contributed by atoms with Crippen molar-refractivity contribution in [3.63, 3.8) is 0 Å². The molecule has 1 aliphatic rings. The highest BCUT2D eigenvalue weighted by Crippen LogP contribution is 2.35. The molecule has 0 radical (unpaired) electrons. The highest BCUT2D eigenvalue weighted by molar-refractivity contribution is 9.10. The quantitative estimate of drug-likeness (QED) is 0.134. The second kappa shape index (κ2) is 10.9. The van der Waals surface area contributed by atoms with E-state index in [1.54, 1.807) is 0 Å². The average Bonchev–Trinajstić information content (AvgIpc) is 2.73. The van der Waals surface area contributed by atoms with Crippen molar-refractivity contribution in [2.75, 3.05) is 13.2 Å². The maximum absolute atomic E-state index is 12.9. The van der Waals surface area contributed by atoms with E-state index in [1.807, 2.05) is 0 Å². The van der Waals surface area contributed by atoms with E-state index in [0.717, 1.165) is 6.07 Å². The molecule has 0 saturated heterocycles. The van der Waals surface area contributed by atoms with Crippen molar-refractivity contribution >= 4 is 50.8 Å². The lowest BCUT2D eigenvalue weighted by Crippen LogP contribution is -2.37. The van der Waals surface area contributed by atoms with Crippen LogP contribution in [0.3, 0.4) is 0 Å². The highest BCUT2D eigenvalue weighted by Gasteiger charge is 2.35. The van der Waals surface area contributed by atoms with Crippen LogP contribution in [-0.2, 0) is 9.53 Å². The van der Waals surface area contributed by atoms with Gasteiger partial charge in [-0.1, -0.05) is 17.7 Å². The Hall–Kier alpha value is -3.02. The predicted octanol–water partition coefficient (Wildman–Crippen LogP) is 4.43. The van der Waals surface area contributed by atoms with Crippen molar-refractivity contribution in [1.82, 2.24) is 0 Å². The van der Waals surface area contributed by atoms with E-state index < -0.39 is 40.5 Å². The van der Waals surface area contributed by atoms with Gasteiger partial charge in [0.2, 0.25) is 0 Å². The van der Waals surface area contributed by atoms with E-state index in [4.69, 9.17) is 26.2 Å². The molecule has 0 amide bonds. The third kappa shape index (κ3) is 5.91. The number of Topliss-reactive ketones (excluding diaryl/α,β-unsaturated/α-hetero) is 2. The van der Waals surface area contributed by atoms with E-state index in [1.165, 1.54) is 24.3 Å². The van der Waals surface area contributed by atoms with Gasteiger partial charge in [0.15, 0.2) is 11.6 Å². The van der Waals surface area contributed by atoms with Crippen molar-refractivity contribution in [3.8, 4) is 11.5 Å². The Balaban J connectivity index is 1.71. The molecular weight excluding hydrogens is 538 g/mol. The maximum atomic E-state index is 12.9. The van der Waals surface area contributed by atoms with Crippen LogP contribution in [0.2, 0.25) is 5.02 Å². The number of nitrogens with zero attached hydrogens (tertiary/aromatic N) is 1. The number of hydrogen-bond donors (Lipinski definition) is 2. The van der Waals surface area contributed by atoms with Gasteiger partial charge < -0.3 is 19.7 Å². The number of ether oxygens (including phenoxy) is 2. The Labute approximate surface area is 206 Å². The molecule has 0 aliphatic heterocycles. The number of phenols is 1. The fraction of sp³-hybridized carbons (Fsp3) is 0.318. The molecule has 2 N–H and O–H groups in total. The summed E-state index contributed by atoms with van der Waals surface area (Å²) in [5, 5.41) is 30.2. The third-order valence-electron chi connectivity index (χ3n) is 5.29. The van der Waals surface area contributed by atoms with Crippen molar-refractivity contribution in [2.45, 2.75) is 25.4 Å². The molecule has 10 nitrogen and oxygen atoms in total. The summed E-state index contributed by atoms with van der Waals surface area (Å²) in [5.41, 5.74) is -0.720. The van der Waals surface area contributed by atoms with Crippen molar-refractivity contribution in [3.05, 3.63) is 61.1 Å². The standard InChI is InChI=1S/C22H19BrClNO9/c23-15-9-20(34-5-4-33-12-6-11(7-12)22(29)30)14(8-17(15)25(31)32)19(27)10-18(26)13-2-1-3-16(24)21(13)28/h1-3,8-9,11-12,28H,4-7,10H2,(H,29,30). The van der Waals surface area contributed by atoms with Crippen LogP contribution in [-0.4, -0.2) is 52.0 Å². The van der Waals surface area contributed by atoms with Crippen LogP contribution in [0.4, 0.5) is 5.69 Å². The monoisotopic (exact) mass is 555 g/mol. The summed E-state index contributed by atoms with van der Waals surface area (Å²) >= 11 is 8.89. The van der Waals surface area contributed by atoms with Gasteiger partial charge in [-0.2, -0.15) is 0 Å². The summed E-state index contributed by atoms with van der Waals surface area (Å²) in [6.07, 6.45) is -0.0724. The number of hydrogen-bond acceptors (Lipinski definition) is 8. The molecular formula is C22H19BrClNO9. The van der Waals surface area contributed by atoms with Crippen LogP contribution >= 0.6 is 27.5 Å². The number of carboxylic acid groups (broad SMARTS) is 1. The van der Waals surface area contributed by atoms with E-state index in [9.17, 15) is 29.6 Å². The molecule has 1 aliphatic carbocycles. The summed E-state index contributed by atoms with van der Waals surface area (Å²) in [5.74, 6) is -3.21. The minimum atomic E-state index is -0.865. The number of benzene rings is 2. The van der Waals surface area contributed by atoms with Gasteiger partial charge in [0.1, 0.15) is 18.1 Å². The number of aromatic hydroxyl groups is 1. The molecule has 3 rings (SSSR count). The lowest BCUT2D eigenvalue weighted by atomic mass is 9.82. The first-order valence-electron chi connectivity index (χ1n) is 10.1. The molecule has 0 atom stereocenters. The van der Waals surface area contributed by atoms with Gasteiger partial charge in [0.25, 0.3) is 5.69 Å². The smallest absolute Gasteiger partial charge is 0.306 e. The second-order valence-corrected chi connectivity index (χ2v) is 8.83. The van der Waals surface area contributed by atoms with Gasteiger partial charge in [-0.3, -0.25) is 24.5 Å². The van der Waals surface area contributed by atoms with Gasteiger partial charge >= 0.3 is 5.97 Å². The number of halogens is 2. The van der Waals surface area contributed by atoms with Gasteiger partial charge in [0.05, 0.1) is 50.6 Å². The Morgan fingerprint density at radius 2 is 1.82 bits per heavy atom. The number of phenolic OH excluding ortho intramolecular Hbond substituents is 1. The van der Waals surface area contributed by atoms with Crippen LogP contribution in [0.1, 0.15) is 40.0 Å². The number of para-hydroxylation sites is 1. The van der Waals surface area contributed by atoms with Crippen LogP contribution < -0.4 is 4.74 Å². The summed E-state index contributed by atoms with van der Waals surface area (Å²) in [6, 6.07) is 6.41. The number of ketones is 2. The Kier molecular flexibility index (Phi) is 8.24. The Bertz CT molecular complexity index is 1150. The van der Waals surface area contributed by atoms with Crippen molar-refractivity contribution in [2.24, 2.45) is 5.92 Å². The van der Waals surface area contributed by atoms with Gasteiger partial charge in [-0.15, -0.1) is 0 Å². The van der Waals surface area contributed by atoms with Crippen LogP contribution in [0.25, 0.3) is 0 Å².